The topological polar surface area (TPSA) is 160 Å². The molecular formula is C42H57N5O8S. The van der Waals surface area contributed by atoms with Crippen LogP contribution >= 0.6 is 0 Å². The molecule has 14 heteroatoms. The molecule has 7 rings (SSSR count). The molecule has 2 saturated carbocycles. The number of ether oxygens (including phenoxy) is 3. The molecule has 13 nitrogen and oxygen atoms in total. The second kappa shape index (κ2) is 17.4. The van der Waals surface area contributed by atoms with Gasteiger partial charge in [0.2, 0.25) is 21.8 Å². The quantitative estimate of drug-likeness (QED) is 0.160. The summed E-state index contributed by atoms with van der Waals surface area (Å²) in [6.07, 6.45) is 4.66. The molecule has 2 aliphatic carbocycles. The van der Waals surface area contributed by atoms with Crippen molar-refractivity contribution in [1.29, 1.82) is 0 Å². The van der Waals surface area contributed by atoms with Gasteiger partial charge < -0.3 is 29.5 Å². The number of likely N-dealkylation sites (tertiary alicyclic amines) is 2. The number of nitrogens with one attached hydrogen (secondary N) is 2. The second-order valence-corrected chi connectivity index (χ2v) is 18.4. The molecule has 56 heavy (non-hydrogen) atoms. The maximum Gasteiger partial charge on any atom is 0.243 e. The number of carbonyl (C=O) groups is 2. The first-order valence-electron chi connectivity index (χ1n) is 20.3. The molecule has 2 saturated heterocycles. The third-order valence-electron chi connectivity index (χ3n) is 11.6. The van der Waals surface area contributed by atoms with Crippen LogP contribution in [-0.4, -0.2) is 109 Å². The van der Waals surface area contributed by atoms with Crippen LogP contribution in [0.2, 0.25) is 0 Å². The maximum atomic E-state index is 14.4. The number of benzene rings is 2. The first-order valence-corrected chi connectivity index (χ1v) is 21.9. The lowest BCUT2D eigenvalue weighted by molar-refractivity contribution is -0.142. The van der Waals surface area contributed by atoms with E-state index in [2.05, 4.69) is 28.8 Å². The fraction of sp³-hybridized carbons (Fsp3) is 0.595. The number of pyridine rings is 1. The summed E-state index contributed by atoms with van der Waals surface area (Å²) in [5, 5.41) is 14.5. The second-order valence-electron chi connectivity index (χ2n) is 16.4. The number of methoxy groups -OCH3 is 1. The summed E-state index contributed by atoms with van der Waals surface area (Å²) >= 11 is 0. The Morgan fingerprint density at radius 2 is 1.77 bits per heavy atom. The summed E-state index contributed by atoms with van der Waals surface area (Å²) in [4.78, 5) is 37.5. The van der Waals surface area contributed by atoms with Gasteiger partial charge in [-0.25, -0.2) is 13.4 Å². The van der Waals surface area contributed by atoms with E-state index in [1.165, 1.54) is 6.42 Å². The highest BCUT2D eigenvalue weighted by Gasteiger charge is 2.51. The molecule has 0 spiro atoms. The minimum atomic E-state index is -3.71. The number of hydrogen-bond donors (Lipinski definition) is 3. The Hall–Kier alpha value is -3.82. The first kappa shape index (κ1) is 40.4. The first-order chi connectivity index (χ1) is 26.9. The van der Waals surface area contributed by atoms with Crippen molar-refractivity contribution in [3.63, 3.8) is 0 Å². The molecule has 2 aromatic carbocycles. The van der Waals surface area contributed by atoms with Crippen molar-refractivity contribution >= 4 is 32.7 Å². The van der Waals surface area contributed by atoms with Crippen LogP contribution in [0.5, 0.6) is 11.5 Å². The highest BCUT2D eigenvalue weighted by atomic mass is 32.2. The molecule has 304 valence electrons. The van der Waals surface area contributed by atoms with Gasteiger partial charge in [-0.2, -0.15) is 4.72 Å². The van der Waals surface area contributed by atoms with E-state index in [0.29, 0.717) is 67.3 Å². The number of sulfonamides is 1. The van der Waals surface area contributed by atoms with E-state index in [1.54, 1.807) is 12.0 Å². The third-order valence-corrected chi connectivity index (χ3v) is 13.5. The summed E-state index contributed by atoms with van der Waals surface area (Å²) in [6, 6.07) is 16.4. The van der Waals surface area contributed by atoms with Crippen LogP contribution in [0, 0.1) is 5.92 Å². The van der Waals surface area contributed by atoms with Gasteiger partial charge in [0.1, 0.15) is 36.1 Å². The van der Waals surface area contributed by atoms with Gasteiger partial charge in [-0.1, -0.05) is 50.6 Å². The molecule has 3 N–H and O–H groups in total. The fourth-order valence-electron chi connectivity index (χ4n) is 8.11. The largest absolute Gasteiger partial charge is 0.497 e. The van der Waals surface area contributed by atoms with Gasteiger partial charge in [0, 0.05) is 49.0 Å². The normalized spacial score (nSPS) is 22.4. The van der Waals surface area contributed by atoms with Crippen molar-refractivity contribution in [2.75, 3.05) is 33.4 Å². The lowest BCUT2D eigenvalue weighted by atomic mass is 9.75. The van der Waals surface area contributed by atoms with Crippen LogP contribution in [0.25, 0.3) is 22.2 Å². The van der Waals surface area contributed by atoms with Crippen LogP contribution in [0.1, 0.15) is 84.5 Å². The molecule has 1 aromatic heterocycles. The molecule has 0 bridgehead atoms. The molecule has 3 heterocycles. The maximum absolute atomic E-state index is 14.4. The number of piperidine rings is 1. The van der Waals surface area contributed by atoms with Crippen LogP contribution in [0.3, 0.4) is 0 Å². The van der Waals surface area contributed by atoms with Gasteiger partial charge in [0.05, 0.1) is 42.3 Å². The molecule has 3 aromatic rings. The SMILES string of the molecule is COc1ccc2c(OC3C[C@@H](C(=O)NC4(C(O)NS(=O)(=O)C5CC5)CCC4)N(C(=O)CCC(OCC(C)C)N4CCCCC4)C3)cc(-c3ccccc3)nc2c1. The summed E-state index contributed by atoms with van der Waals surface area (Å²) in [5.41, 5.74) is 1.14. The lowest BCUT2D eigenvalue weighted by Gasteiger charge is -2.46. The van der Waals surface area contributed by atoms with Gasteiger partial charge >= 0.3 is 0 Å². The molecule has 0 radical (unpaired) electrons. The molecule has 4 atom stereocenters. The highest BCUT2D eigenvalue weighted by Crippen LogP contribution is 2.38. The number of fused-ring (bicyclic) bond motifs is 1. The molecule has 3 unspecified atom stereocenters. The van der Waals surface area contributed by atoms with Crippen molar-refractivity contribution in [3.8, 4) is 22.8 Å². The number of aromatic nitrogens is 1. The fourth-order valence-corrected chi connectivity index (χ4v) is 9.60. The Kier molecular flexibility index (Phi) is 12.5. The van der Waals surface area contributed by atoms with E-state index >= 15 is 0 Å². The number of rotatable bonds is 17. The van der Waals surface area contributed by atoms with Crippen LogP contribution < -0.4 is 19.5 Å². The van der Waals surface area contributed by atoms with E-state index in [4.69, 9.17) is 19.2 Å². The predicted molar refractivity (Wildman–Crippen MR) is 213 cm³/mol. The van der Waals surface area contributed by atoms with Gasteiger partial charge in [-0.15, -0.1) is 0 Å². The van der Waals surface area contributed by atoms with Crippen LogP contribution in [-0.2, 0) is 24.3 Å². The average molecular weight is 792 g/mol. The van der Waals surface area contributed by atoms with Crippen molar-refractivity contribution in [2.24, 2.45) is 5.92 Å². The van der Waals surface area contributed by atoms with Crippen molar-refractivity contribution in [2.45, 2.75) is 120 Å². The number of hydrogen-bond acceptors (Lipinski definition) is 10. The van der Waals surface area contributed by atoms with Gasteiger partial charge in [0.15, 0.2) is 0 Å². The standard InChI is InChI=1S/C42H57N5O8S/c1-28(2)27-54-39(46-21-8-5-9-22-46)18-17-38(48)47-26-31(24-36(47)40(49)44-42(19-10-20-42)41(50)45-56(51,52)32-14-15-32)55-37-25-34(29-11-6-4-7-12-29)43-35-23-30(53-3)13-16-33(35)37/h4,6-7,11-13,16,23,25,28,31-32,36,39,41,45,50H,5,8-10,14-15,17-22,24,26-27H2,1-3H3,(H,44,49)/t31?,36-,39?,41?/m0/s1. The summed E-state index contributed by atoms with van der Waals surface area (Å²) in [6.45, 7) is 6.83. The Labute approximate surface area is 330 Å². The summed E-state index contributed by atoms with van der Waals surface area (Å²) < 4.78 is 46.6. The predicted octanol–water partition coefficient (Wildman–Crippen LogP) is 4.96. The van der Waals surface area contributed by atoms with Crippen LogP contribution in [0.15, 0.2) is 54.6 Å². The van der Waals surface area contributed by atoms with E-state index in [-0.39, 0.29) is 31.5 Å². The zero-order valence-corrected chi connectivity index (χ0v) is 33.6. The molecule has 4 aliphatic rings. The monoisotopic (exact) mass is 791 g/mol. The highest BCUT2D eigenvalue weighted by molar-refractivity contribution is 7.90. The molecular weight excluding hydrogens is 735 g/mol. The number of carbonyl (C=O) groups excluding carboxylic acids is 2. The van der Waals surface area contributed by atoms with E-state index in [1.807, 2.05) is 54.6 Å². The minimum Gasteiger partial charge on any atom is -0.497 e. The third kappa shape index (κ3) is 9.31. The molecule has 4 fully saturated rings. The van der Waals surface area contributed by atoms with Crippen LogP contribution in [0.4, 0.5) is 0 Å². The van der Waals surface area contributed by atoms with Crippen molar-refractivity contribution < 1.29 is 37.3 Å². The van der Waals surface area contributed by atoms with E-state index in [9.17, 15) is 23.1 Å². The Morgan fingerprint density at radius 1 is 1.02 bits per heavy atom. The van der Waals surface area contributed by atoms with Crippen molar-refractivity contribution in [1.82, 2.24) is 24.8 Å². The zero-order valence-electron chi connectivity index (χ0n) is 32.8. The number of aliphatic hydroxyl groups excluding tert-OH is 1. The van der Waals surface area contributed by atoms with Crippen molar-refractivity contribution in [3.05, 3.63) is 54.6 Å². The average Bonchev–Trinajstić information content (AvgIpc) is 3.97. The van der Waals surface area contributed by atoms with E-state index < -0.39 is 45.1 Å². The Morgan fingerprint density at radius 3 is 2.43 bits per heavy atom. The zero-order chi connectivity index (χ0) is 39.5. The van der Waals surface area contributed by atoms with Gasteiger partial charge in [0.25, 0.3) is 0 Å². The van der Waals surface area contributed by atoms with E-state index in [0.717, 1.165) is 43.3 Å². The minimum absolute atomic E-state index is 0.169. The molecule has 2 aliphatic heterocycles. The number of nitrogens with zero attached hydrogens (tertiary/aromatic N) is 3. The number of aliphatic hydroxyl groups is 1. The lowest BCUT2D eigenvalue weighted by Crippen LogP contribution is -2.68. The van der Waals surface area contributed by atoms with Gasteiger partial charge in [-0.3, -0.25) is 14.5 Å². The Bertz CT molecular complexity index is 1950. The van der Waals surface area contributed by atoms with Gasteiger partial charge in [-0.05, 0) is 69.4 Å². The summed E-state index contributed by atoms with van der Waals surface area (Å²) in [5.74, 6) is 0.952. The molecule has 2 amide bonds. The number of amides is 2. The summed E-state index contributed by atoms with van der Waals surface area (Å²) in [7, 11) is -2.11. The smallest absolute Gasteiger partial charge is 0.243 e. The Balaban J connectivity index is 1.14.